The van der Waals surface area contributed by atoms with Gasteiger partial charge in [-0.05, 0) is 36.6 Å². The second kappa shape index (κ2) is 8.90. The topological polar surface area (TPSA) is 68.6 Å². The molecule has 0 saturated carbocycles. The van der Waals surface area contributed by atoms with Gasteiger partial charge in [-0.2, -0.15) is 5.10 Å². The standard InChI is InChI=1S/C23H26N4O3/c1-29-18-10-11-21(30-2)19(15-18)20-9-6-13-27(20)23(28)24-22-12-14-26(25-22)16-17-7-4-3-5-8-17/h3-5,7-8,10-12,14-15,20H,6,9,13,16H2,1-2H3,(H,24,25,28). The number of ether oxygens (including phenoxy) is 2. The molecule has 1 N–H and O–H groups in total. The van der Waals surface area contributed by atoms with Crippen LogP contribution in [0.15, 0.2) is 60.8 Å². The normalized spacial score (nSPS) is 15.8. The van der Waals surface area contributed by atoms with Crippen LogP contribution in [0.25, 0.3) is 0 Å². The average molecular weight is 406 g/mol. The first-order valence-electron chi connectivity index (χ1n) is 10.0. The van der Waals surface area contributed by atoms with E-state index in [1.165, 1.54) is 0 Å². The summed E-state index contributed by atoms with van der Waals surface area (Å²) in [6.07, 6.45) is 3.68. The van der Waals surface area contributed by atoms with Crippen LogP contribution >= 0.6 is 0 Å². The van der Waals surface area contributed by atoms with E-state index in [1.54, 1.807) is 14.2 Å². The number of rotatable bonds is 6. The van der Waals surface area contributed by atoms with Gasteiger partial charge < -0.3 is 14.4 Å². The highest BCUT2D eigenvalue weighted by molar-refractivity contribution is 5.88. The van der Waals surface area contributed by atoms with Crippen LogP contribution in [0.1, 0.15) is 30.0 Å². The van der Waals surface area contributed by atoms with Crippen LogP contribution in [0.3, 0.4) is 0 Å². The summed E-state index contributed by atoms with van der Waals surface area (Å²) in [6.45, 7) is 1.34. The van der Waals surface area contributed by atoms with Crippen molar-refractivity contribution in [3.05, 3.63) is 71.9 Å². The van der Waals surface area contributed by atoms with Gasteiger partial charge in [0.15, 0.2) is 5.82 Å². The number of carbonyl (C=O) groups excluding carboxylic acids is 1. The van der Waals surface area contributed by atoms with Gasteiger partial charge in [-0.3, -0.25) is 10.00 Å². The van der Waals surface area contributed by atoms with Crippen LogP contribution in [-0.4, -0.2) is 41.5 Å². The summed E-state index contributed by atoms with van der Waals surface area (Å²) in [5.41, 5.74) is 2.11. The molecule has 1 unspecified atom stereocenters. The Balaban J connectivity index is 1.47. The smallest absolute Gasteiger partial charge is 0.323 e. The molecule has 2 heterocycles. The lowest BCUT2D eigenvalue weighted by atomic mass is 10.0. The maximum absolute atomic E-state index is 13.0. The van der Waals surface area contributed by atoms with Crippen molar-refractivity contribution in [3.63, 3.8) is 0 Å². The summed E-state index contributed by atoms with van der Waals surface area (Å²) < 4.78 is 12.7. The number of carbonyl (C=O) groups is 1. The Hall–Kier alpha value is -3.48. The van der Waals surface area contributed by atoms with Gasteiger partial charge in [0, 0.05) is 24.4 Å². The Labute approximate surface area is 176 Å². The Morgan fingerprint density at radius 2 is 1.97 bits per heavy atom. The summed E-state index contributed by atoms with van der Waals surface area (Å²) in [5.74, 6) is 2.05. The summed E-state index contributed by atoms with van der Waals surface area (Å²) in [4.78, 5) is 14.9. The van der Waals surface area contributed by atoms with Gasteiger partial charge in [0.1, 0.15) is 11.5 Å². The summed E-state index contributed by atoms with van der Waals surface area (Å²) in [6, 6.07) is 17.4. The van der Waals surface area contributed by atoms with Gasteiger partial charge in [-0.15, -0.1) is 0 Å². The summed E-state index contributed by atoms with van der Waals surface area (Å²) >= 11 is 0. The predicted molar refractivity (Wildman–Crippen MR) is 115 cm³/mol. The zero-order chi connectivity index (χ0) is 20.9. The van der Waals surface area contributed by atoms with Crippen molar-refractivity contribution in [3.8, 4) is 11.5 Å². The van der Waals surface area contributed by atoms with E-state index in [0.29, 0.717) is 18.9 Å². The average Bonchev–Trinajstić information content (AvgIpc) is 3.43. The number of aromatic nitrogens is 2. The van der Waals surface area contributed by atoms with Crippen molar-refractivity contribution in [1.29, 1.82) is 0 Å². The Morgan fingerprint density at radius 3 is 2.73 bits per heavy atom. The molecule has 0 bridgehead atoms. The van der Waals surface area contributed by atoms with Gasteiger partial charge in [-0.25, -0.2) is 4.79 Å². The van der Waals surface area contributed by atoms with E-state index in [9.17, 15) is 4.79 Å². The van der Waals surface area contributed by atoms with Crippen LogP contribution in [0, 0.1) is 0 Å². The molecule has 1 saturated heterocycles. The van der Waals surface area contributed by atoms with Crippen molar-refractivity contribution in [2.75, 3.05) is 26.1 Å². The Kier molecular flexibility index (Phi) is 5.88. The van der Waals surface area contributed by atoms with Crippen LogP contribution in [-0.2, 0) is 6.54 Å². The molecule has 4 rings (SSSR count). The van der Waals surface area contributed by atoms with Crippen LogP contribution in [0.5, 0.6) is 11.5 Å². The van der Waals surface area contributed by atoms with E-state index in [2.05, 4.69) is 22.5 Å². The number of likely N-dealkylation sites (tertiary alicyclic amines) is 1. The fraction of sp³-hybridized carbons (Fsp3) is 0.304. The molecule has 2 aromatic carbocycles. The molecule has 30 heavy (non-hydrogen) atoms. The summed E-state index contributed by atoms with van der Waals surface area (Å²) in [7, 11) is 3.28. The van der Waals surface area contributed by atoms with Crippen molar-refractivity contribution >= 4 is 11.8 Å². The molecular weight excluding hydrogens is 380 g/mol. The number of methoxy groups -OCH3 is 2. The number of nitrogens with one attached hydrogen (secondary N) is 1. The molecule has 1 atom stereocenters. The zero-order valence-electron chi connectivity index (χ0n) is 17.2. The Bertz CT molecular complexity index is 1000. The third kappa shape index (κ3) is 4.25. The van der Waals surface area contributed by atoms with E-state index in [1.807, 2.05) is 58.2 Å². The highest BCUT2D eigenvalue weighted by atomic mass is 16.5. The molecule has 0 spiro atoms. The fourth-order valence-electron chi connectivity index (χ4n) is 3.90. The van der Waals surface area contributed by atoms with E-state index >= 15 is 0 Å². The van der Waals surface area contributed by atoms with Gasteiger partial charge >= 0.3 is 6.03 Å². The predicted octanol–water partition coefficient (Wildman–Crippen LogP) is 4.32. The zero-order valence-corrected chi connectivity index (χ0v) is 17.2. The first-order chi connectivity index (χ1) is 14.7. The maximum atomic E-state index is 13.0. The van der Waals surface area contributed by atoms with E-state index in [4.69, 9.17) is 9.47 Å². The number of hydrogen-bond acceptors (Lipinski definition) is 4. The Morgan fingerprint density at radius 1 is 1.13 bits per heavy atom. The van der Waals surface area contributed by atoms with Gasteiger partial charge in [0.25, 0.3) is 0 Å². The SMILES string of the molecule is COc1ccc(OC)c(C2CCCN2C(=O)Nc2ccn(Cc3ccccc3)n2)c1. The van der Waals surface area contributed by atoms with Crippen molar-refractivity contribution in [2.24, 2.45) is 0 Å². The molecule has 1 aromatic heterocycles. The minimum Gasteiger partial charge on any atom is -0.497 e. The number of nitrogens with zero attached hydrogens (tertiary/aromatic N) is 3. The molecule has 1 fully saturated rings. The molecular formula is C23H26N4O3. The molecule has 0 radical (unpaired) electrons. The minimum atomic E-state index is -0.160. The van der Waals surface area contributed by atoms with Crippen LogP contribution < -0.4 is 14.8 Å². The molecule has 7 heteroatoms. The van der Waals surface area contributed by atoms with E-state index < -0.39 is 0 Å². The third-order valence-corrected chi connectivity index (χ3v) is 5.37. The highest BCUT2D eigenvalue weighted by Gasteiger charge is 2.32. The van der Waals surface area contributed by atoms with E-state index in [-0.39, 0.29) is 12.1 Å². The number of hydrogen-bond donors (Lipinski definition) is 1. The molecule has 1 aliphatic rings. The van der Waals surface area contributed by atoms with Gasteiger partial charge in [0.2, 0.25) is 0 Å². The van der Waals surface area contributed by atoms with Crippen LogP contribution in [0.2, 0.25) is 0 Å². The third-order valence-electron chi connectivity index (χ3n) is 5.37. The minimum absolute atomic E-state index is 0.0681. The van der Waals surface area contributed by atoms with Crippen LogP contribution in [0.4, 0.5) is 10.6 Å². The number of anilines is 1. The quantitative estimate of drug-likeness (QED) is 0.662. The lowest BCUT2D eigenvalue weighted by Gasteiger charge is -2.26. The lowest BCUT2D eigenvalue weighted by molar-refractivity contribution is 0.206. The molecule has 1 aliphatic heterocycles. The van der Waals surface area contributed by atoms with Crippen molar-refractivity contribution < 1.29 is 14.3 Å². The fourth-order valence-corrected chi connectivity index (χ4v) is 3.90. The first-order valence-corrected chi connectivity index (χ1v) is 10.0. The van der Waals surface area contributed by atoms with Crippen molar-refractivity contribution in [1.82, 2.24) is 14.7 Å². The second-order valence-corrected chi connectivity index (χ2v) is 7.27. The molecule has 0 aliphatic carbocycles. The highest BCUT2D eigenvalue weighted by Crippen LogP contribution is 2.39. The molecule has 3 aromatic rings. The maximum Gasteiger partial charge on any atom is 0.323 e. The lowest BCUT2D eigenvalue weighted by Crippen LogP contribution is -2.34. The largest absolute Gasteiger partial charge is 0.497 e. The molecule has 156 valence electrons. The van der Waals surface area contributed by atoms with Crippen molar-refractivity contribution in [2.45, 2.75) is 25.4 Å². The number of benzene rings is 2. The summed E-state index contributed by atoms with van der Waals surface area (Å²) in [5, 5.41) is 7.43. The molecule has 7 nitrogen and oxygen atoms in total. The van der Waals surface area contributed by atoms with Gasteiger partial charge in [-0.1, -0.05) is 30.3 Å². The van der Waals surface area contributed by atoms with Gasteiger partial charge in [0.05, 0.1) is 26.8 Å². The molecule has 2 amide bonds. The first kappa shape index (κ1) is 19.8. The number of amides is 2. The van der Waals surface area contributed by atoms with E-state index in [0.717, 1.165) is 35.5 Å². The monoisotopic (exact) mass is 406 g/mol. The second-order valence-electron chi connectivity index (χ2n) is 7.27. The number of urea groups is 1.